The quantitative estimate of drug-likeness (QED) is 0.479. The van der Waals surface area contributed by atoms with Crippen LogP contribution in [0.25, 0.3) is 0 Å². The summed E-state index contributed by atoms with van der Waals surface area (Å²) in [4.78, 5) is 0. The molecule has 0 unspecified atom stereocenters. The molecule has 0 radical (unpaired) electrons. The summed E-state index contributed by atoms with van der Waals surface area (Å²) >= 11 is 10.3. The van der Waals surface area contributed by atoms with Crippen LogP contribution in [0.15, 0.2) is 29.4 Å². The van der Waals surface area contributed by atoms with Crippen molar-refractivity contribution >= 4 is 35.1 Å². The molecule has 0 saturated heterocycles. The molecule has 0 heterocycles. The highest BCUT2D eigenvalue weighted by Gasteiger charge is 1.92. The number of thiocarbonyl (C=S) groups is 1. The van der Waals surface area contributed by atoms with Gasteiger partial charge in [0.15, 0.2) is 5.11 Å². The molecule has 1 aromatic rings. The molecule has 0 aliphatic rings. The number of hydrogen-bond acceptors (Lipinski definition) is 3. The Labute approximate surface area is 98.1 Å². The van der Waals surface area contributed by atoms with Crippen LogP contribution in [-0.2, 0) is 0 Å². The minimum atomic E-state index is 0.119. The van der Waals surface area contributed by atoms with Crippen molar-refractivity contribution in [3.8, 4) is 5.75 Å². The van der Waals surface area contributed by atoms with Gasteiger partial charge >= 0.3 is 0 Å². The van der Waals surface area contributed by atoms with Gasteiger partial charge in [-0.25, -0.2) is 0 Å². The molecule has 80 valence electrons. The van der Waals surface area contributed by atoms with E-state index < -0.39 is 0 Å². The van der Waals surface area contributed by atoms with E-state index in [-0.39, 0.29) is 5.11 Å². The Balaban J connectivity index is 2.31. The van der Waals surface area contributed by atoms with Gasteiger partial charge in [-0.1, -0.05) is 17.7 Å². The van der Waals surface area contributed by atoms with Gasteiger partial charge in [-0.05, 0) is 30.4 Å². The molecule has 0 bridgehead atoms. The molecule has 0 aromatic heterocycles. The van der Waals surface area contributed by atoms with E-state index in [2.05, 4.69) is 22.7 Å². The van der Waals surface area contributed by atoms with Crippen LogP contribution in [0.2, 0.25) is 5.02 Å². The molecule has 1 rings (SSSR count). The van der Waals surface area contributed by atoms with E-state index >= 15 is 0 Å². The third kappa shape index (κ3) is 5.19. The lowest BCUT2D eigenvalue weighted by atomic mass is 10.3. The number of halogens is 1. The standard InChI is InChI=1S/C9H10ClN3OS/c10-7-2-1-3-8(6-7)14-5-4-12-13-9(11)15/h1-4,6H,5H2,(H3,11,13,15)/b12-4+. The van der Waals surface area contributed by atoms with Gasteiger partial charge in [0.05, 0.1) is 6.21 Å². The Kier molecular flexibility index (Phi) is 4.86. The average Bonchev–Trinajstić information content (AvgIpc) is 2.17. The van der Waals surface area contributed by atoms with Gasteiger partial charge in [-0.3, -0.25) is 5.43 Å². The second kappa shape index (κ2) is 6.21. The highest BCUT2D eigenvalue weighted by molar-refractivity contribution is 7.80. The van der Waals surface area contributed by atoms with Crippen LogP contribution >= 0.6 is 23.8 Å². The second-order valence-corrected chi connectivity index (χ2v) is 3.43. The lowest BCUT2D eigenvalue weighted by Gasteiger charge is -2.02. The fourth-order valence-electron chi connectivity index (χ4n) is 0.837. The van der Waals surface area contributed by atoms with Gasteiger partial charge in [0.1, 0.15) is 12.4 Å². The zero-order valence-corrected chi connectivity index (χ0v) is 9.39. The summed E-state index contributed by atoms with van der Waals surface area (Å²) in [6.45, 7) is 0.315. The predicted octanol–water partition coefficient (Wildman–Crippen LogP) is 1.54. The molecular formula is C9H10ClN3OS. The molecule has 15 heavy (non-hydrogen) atoms. The van der Waals surface area contributed by atoms with Crippen molar-refractivity contribution in [2.75, 3.05) is 6.61 Å². The Morgan fingerprint density at radius 2 is 2.47 bits per heavy atom. The number of hydrogen-bond donors (Lipinski definition) is 2. The number of hydrazone groups is 1. The van der Waals surface area contributed by atoms with Gasteiger partial charge in [0.25, 0.3) is 0 Å². The molecule has 4 nitrogen and oxygen atoms in total. The minimum Gasteiger partial charge on any atom is -0.488 e. The fourth-order valence-corrected chi connectivity index (χ4v) is 1.07. The Morgan fingerprint density at radius 3 is 3.13 bits per heavy atom. The van der Waals surface area contributed by atoms with Crippen molar-refractivity contribution in [1.82, 2.24) is 5.43 Å². The van der Waals surface area contributed by atoms with Gasteiger partial charge in [0.2, 0.25) is 0 Å². The maximum Gasteiger partial charge on any atom is 0.184 e. The zero-order valence-electron chi connectivity index (χ0n) is 7.81. The summed E-state index contributed by atoms with van der Waals surface area (Å²) in [6, 6.07) is 7.11. The van der Waals surface area contributed by atoms with Gasteiger partial charge in [-0.15, -0.1) is 0 Å². The summed E-state index contributed by atoms with van der Waals surface area (Å²) in [5.74, 6) is 0.685. The third-order valence-electron chi connectivity index (χ3n) is 1.39. The molecule has 0 aliphatic heterocycles. The molecule has 6 heteroatoms. The monoisotopic (exact) mass is 243 g/mol. The summed E-state index contributed by atoms with van der Waals surface area (Å²) in [6.07, 6.45) is 1.51. The number of nitrogens with two attached hydrogens (primary N) is 1. The van der Waals surface area contributed by atoms with Gasteiger partial charge in [-0.2, -0.15) is 5.10 Å². The van der Waals surface area contributed by atoms with E-state index in [0.29, 0.717) is 17.4 Å². The second-order valence-electron chi connectivity index (χ2n) is 2.56. The summed E-state index contributed by atoms with van der Waals surface area (Å²) < 4.78 is 5.31. The summed E-state index contributed by atoms with van der Waals surface area (Å²) in [5.41, 5.74) is 7.57. The highest BCUT2D eigenvalue weighted by Crippen LogP contribution is 2.16. The van der Waals surface area contributed by atoms with Crippen LogP contribution < -0.4 is 15.9 Å². The average molecular weight is 244 g/mol. The van der Waals surface area contributed by atoms with Gasteiger partial charge in [0, 0.05) is 5.02 Å². The number of nitrogens with one attached hydrogen (secondary N) is 1. The lowest BCUT2D eigenvalue weighted by Crippen LogP contribution is -2.24. The highest BCUT2D eigenvalue weighted by atomic mass is 35.5. The number of nitrogens with zero attached hydrogens (tertiary/aromatic N) is 1. The maximum absolute atomic E-state index is 5.77. The molecule has 3 N–H and O–H groups in total. The number of benzene rings is 1. The first-order valence-corrected chi connectivity index (χ1v) is 4.92. The van der Waals surface area contributed by atoms with Crippen molar-refractivity contribution < 1.29 is 4.74 Å². The Morgan fingerprint density at radius 1 is 1.67 bits per heavy atom. The fraction of sp³-hybridized carbons (Fsp3) is 0.111. The molecule has 0 aliphatic carbocycles. The normalized spacial score (nSPS) is 10.2. The van der Waals surface area contributed by atoms with E-state index in [1.807, 2.05) is 6.07 Å². The Hall–Kier alpha value is -1.33. The van der Waals surface area contributed by atoms with Crippen molar-refractivity contribution in [1.29, 1.82) is 0 Å². The summed E-state index contributed by atoms with van der Waals surface area (Å²) in [7, 11) is 0. The van der Waals surface area contributed by atoms with Crippen LogP contribution in [-0.4, -0.2) is 17.9 Å². The van der Waals surface area contributed by atoms with Crippen molar-refractivity contribution in [3.63, 3.8) is 0 Å². The molecule has 0 spiro atoms. The first-order valence-electron chi connectivity index (χ1n) is 4.14. The molecule has 1 aromatic carbocycles. The summed E-state index contributed by atoms with van der Waals surface area (Å²) in [5, 5.41) is 4.46. The van der Waals surface area contributed by atoms with Crippen molar-refractivity contribution in [3.05, 3.63) is 29.3 Å². The van der Waals surface area contributed by atoms with Crippen LogP contribution in [0, 0.1) is 0 Å². The zero-order chi connectivity index (χ0) is 11.1. The van der Waals surface area contributed by atoms with E-state index in [1.54, 1.807) is 18.2 Å². The third-order valence-corrected chi connectivity index (χ3v) is 1.71. The van der Waals surface area contributed by atoms with E-state index in [0.717, 1.165) is 0 Å². The molecule has 0 saturated carbocycles. The SMILES string of the molecule is NC(=S)N/N=C/COc1cccc(Cl)c1. The molecule has 0 fully saturated rings. The van der Waals surface area contributed by atoms with Crippen LogP contribution in [0.4, 0.5) is 0 Å². The van der Waals surface area contributed by atoms with E-state index in [4.69, 9.17) is 22.1 Å². The van der Waals surface area contributed by atoms with Crippen LogP contribution in [0.5, 0.6) is 5.75 Å². The van der Waals surface area contributed by atoms with E-state index in [9.17, 15) is 0 Å². The van der Waals surface area contributed by atoms with Crippen molar-refractivity contribution in [2.24, 2.45) is 10.8 Å². The van der Waals surface area contributed by atoms with Crippen LogP contribution in [0.3, 0.4) is 0 Å². The molecular weight excluding hydrogens is 234 g/mol. The molecule has 0 atom stereocenters. The number of rotatable bonds is 4. The number of ether oxygens (including phenoxy) is 1. The lowest BCUT2D eigenvalue weighted by molar-refractivity contribution is 0.380. The largest absolute Gasteiger partial charge is 0.488 e. The molecule has 0 amide bonds. The van der Waals surface area contributed by atoms with Crippen molar-refractivity contribution in [2.45, 2.75) is 0 Å². The topological polar surface area (TPSA) is 59.6 Å². The van der Waals surface area contributed by atoms with E-state index in [1.165, 1.54) is 6.21 Å². The van der Waals surface area contributed by atoms with Gasteiger partial charge < -0.3 is 10.5 Å². The Bertz CT molecular complexity index is 370. The maximum atomic E-state index is 5.77. The first kappa shape index (κ1) is 11.7. The minimum absolute atomic E-state index is 0.119. The first-order chi connectivity index (χ1) is 7.18. The van der Waals surface area contributed by atoms with Crippen LogP contribution in [0.1, 0.15) is 0 Å². The smallest absolute Gasteiger partial charge is 0.184 e. The predicted molar refractivity (Wildman–Crippen MR) is 65.4 cm³/mol.